The van der Waals surface area contributed by atoms with Gasteiger partial charge in [-0.25, -0.2) is 0 Å². The molecule has 0 aliphatic rings. The maximum atomic E-state index is 13.1. The Morgan fingerprint density at radius 1 is 1.03 bits per heavy atom. The summed E-state index contributed by atoms with van der Waals surface area (Å²) in [6.07, 6.45) is 0.821. The van der Waals surface area contributed by atoms with Crippen molar-refractivity contribution in [2.24, 2.45) is 0 Å². The van der Waals surface area contributed by atoms with E-state index in [4.69, 9.17) is 34.8 Å². The molecule has 0 radical (unpaired) electrons. The molecule has 0 fully saturated rings. The number of nitrogens with one attached hydrogen (secondary N) is 1. The zero-order valence-corrected chi connectivity index (χ0v) is 20.9. The van der Waals surface area contributed by atoms with Crippen molar-refractivity contribution in [1.29, 1.82) is 0 Å². The largest absolute Gasteiger partial charge is 0.352 e. The second-order valence-electron chi connectivity index (χ2n) is 7.37. The minimum Gasteiger partial charge on any atom is -0.352 e. The molecule has 2 amide bonds. The van der Waals surface area contributed by atoms with Gasteiger partial charge in [0.1, 0.15) is 6.04 Å². The third-order valence-corrected chi connectivity index (χ3v) is 6.74. The van der Waals surface area contributed by atoms with Gasteiger partial charge in [0.25, 0.3) is 0 Å². The molecule has 0 aliphatic carbocycles. The predicted molar refractivity (Wildman–Crippen MR) is 132 cm³/mol. The molecule has 4 nitrogen and oxygen atoms in total. The lowest BCUT2D eigenvalue weighted by atomic mass is 10.1. The number of nitrogens with zero attached hydrogens (tertiary/aromatic N) is 1. The Hall–Kier alpha value is -1.40. The Bertz CT molecular complexity index is 893. The van der Waals surface area contributed by atoms with Crippen LogP contribution < -0.4 is 5.32 Å². The third kappa shape index (κ3) is 8.23. The van der Waals surface area contributed by atoms with Crippen LogP contribution in [0.2, 0.25) is 15.1 Å². The van der Waals surface area contributed by atoms with Gasteiger partial charge in [0.2, 0.25) is 11.8 Å². The van der Waals surface area contributed by atoms with Crippen LogP contribution in [0.1, 0.15) is 38.3 Å². The van der Waals surface area contributed by atoms with E-state index < -0.39 is 6.04 Å². The van der Waals surface area contributed by atoms with Crippen molar-refractivity contribution in [1.82, 2.24) is 10.2 Å². The molecule has 0 saturated heterocycles. The van der Waals surface area contributed by atoms with Gasteiger partial charge in [-0.2, -0.15) is 0 Å². The molecule has 0 bridgehead atoms. The summed E-state index contributed by atoms with van der Waals surface area (Å²) in [5.41, 5.74) is 1.82. The molecule has 0 heterocycles. The van der Waals surface area contributed by atoms with Gasteiger partial charge < -0.3 is 10.2 Å². The first-order valence-corrected chi connectivity index (χ1v) is 12.4. The fourth-order valence-electron chi connectivity index (χ4n) is 2.80. The number of hydrogen-bond acceptors (Lipinski definition) is 3. The van der Waals surface area contributed by atoms with Gasteiger partial charge in [0, 0.05) is 33.4 Å². The number of carbonyl (C=O) groups is 2. The lowest BCUT2D eigenvalue weighted by molar-refractivity contribution is -0.138. The quantitative estimate of drug-likeness (QED) is 0.421. The summed E-state index contributed by atoms with van der Waals surface area (Å²) in [7, 11) is 0. The monoisotopic (exact) mass is 500 g/mol. The van der Waals surface area contributed by atoms with Gasteiger partial charge in [0.05, 0.1) is 5.75 Å². The molecule has 168 valence electrons. The lowest BCUT2D eigenvalue weighted by Gasteiger charge is -2.29. The molecule has 2 rings (SSSR count). The minimum absolute atomic E-state index is 0.0452. The number of carbonyl (C=O) groups excluding carboxylic acids is 2. The summed E-state index contributed by atoms with van der Waals surface area (Å²) in [6.45, 7) is 6.03. The van der Waals surface area contributed by atoms with Gasteiger partial charge in [-0.1, -0.05) is 59.9 Å². The molecule has 2 aromatic rings. The number of halogens is 3. The second kappa shape index (κ2) is 12.6. The maximum absolute atomic E-state index is 13.1. The maximum Gasteiger partial charge on any atom is 0.242 e. The summed E-state index contributed by atoms with van der Waals surface area (Å²) in [5, 5.41) is 4.74. The molecule has 0 aliphatic heterocycles. The highest BCUT2D eigenvalue weighted by atomic mass is 35.5. The molecule has 2 unspecified atom stereocenters. The van der Waals surface area contributed by atoms with Gasteiger partial charge >= 0.3 is 0 Å². The molecule has 0 aromatic heterocycles. The van der Waals surface area contributed by atoms with Gasteiger partial charge in [-0.15, -0.1) is 11.8 Å². The predicted octanol–water partition coefficient (Wildman–Crippen LogP) is 6.21. The summed E-state index contributed by atoms with van der Waals surface area (Å²) in [5.74, 6) is 0.525. The highest BCUT2D eigenvalue weighted by Gasteiger charge is 2.26. The number of thioether (sulfide) groups is 1. The molecular formula is C23H27Cl3N2O2S. The minimum atomic E-state index is -0.600. The van der Waals surface area contributed by atoms with E-state index in [9.17, 15) is 9.59 Å². The van der Waals surface area contributed by atoms with Crippen molar-refractivity contribution >= 4 is 58.4 Å². The molecule has 0 spiro atoms. The van der Waals surface area contributed by atoms with Crippen LogP contribution in [-0.4, -0.2) is 34.6 Å². The molecule has 1 N–H and O–H groups in total. The van der Waals surface area contributed by atoms with E-state index in [1.807, 2.05) is 32.0 Å². The van der Waals surface area contributed by atoms with Crippen LogP contribution in [0, 0.1) is 0 Å². The van der Waals surface area contributed by atoms with Crippen molar-refractivity contribution < 1.29 is 9.59 Å². The highest BCUT2D eigenvalue weighted by Crippen LogP contribution is 2.25. The van der Waals surface area contributed by atoms with Gasteiger partial charge in [0.15, 0.2) is 0 Å². The van der Waals surface area contributed by atoms with E-state index in [1.54, 1.807) is 36.1 Å². The van der Waals surface area contributed by atoms with Crippen LogP contribution in [0.5, 0.6) is 0 Å². The Balaban J connectivity index is 2.08. The van der Waals surface area contributed by atoms with Crippen LogP contribution in [-0.2, 0) is 21.9 Å². The second-order valence-corrected chi connectivity index (χ2v) is 9.64. The molecule has 31 heavy (non-hydrogen) atoms. The molecule has 8 heteroatoms. The average Bonchev–Trinajstić information content (AvgIpc) is 2.74. The first-order valence-electron chi connectivity index (χ1n) is 10.1. The van der Waals surface area contributed by atoms with Gasteiger partial charge in [-0.05, 0) is 55.7 Å². The van der Waals surface area contributed by atoms with E-state index >= 15 is 0 Å². The van der Waals surface area contributed by atoms with E-state index in [0.717, 1.165) is 17.5 Å². The van der Waals surface area contributed by atoms with Crippen LogP contribution in [0.15, 0.2) is 42.5 Å². The first-order chi connectivity index (χ1) is 14.7. The highest BCUT2D eigenvalue weighted by molar-refractivity contribution is 7.99. The van der Waals surface area contributed by atoms with Crippen LogP contribution in [0.25, 0.3) is 0 Å². The SMILES string of the molecule is CCC(C)NC(=O)C(C)N(Cc1ccc(Cl)cc1)C(=O)CSCc1ccc(Cl)cc1Cl. The number of rotatable bonds is 10. The Labute approximate surface area is 203 Å². The van der Waals surface area contributed by atoms with Crippen molar-refractivity contribution in [2.75, 3.05) is 5.75 Å². The number of benzene rings is 2. The third-order valence-electron chi connectivity index (χ3n) is 4.93. The molecule has 2 atom stereocenters. The summed E-state index contributed by atoms with van der Waals surface area (Å²) in [4.78, 5) is 27.4. The molecule has 0 saturated carbocycles. The topological polar surface area (TPSA) is 49.4 Å². The fourth-order valence-corrected chi connectivity index (χ4v) is 4.40. The van der Waals surface area contributed by atoms with E-state index in [-0.39, 0.29) is 23.6 Å². The van der Waals surface area contributed by atoms with Crippen molar-refractivity contribution in [3.05, 3.63) is 68.7 Å². The summed E-state index contributed by atoms with van der Waals surface area (Å²) >= 11 is 19.6. The average molecular weight is 502 g/mol. The van der Waals surface area contributed by atoms with Crippen molar-refractivity contribution in [3.8, 4) is 0 Å². The van der Waals surface area contributed by atoms with Crippen molar-refractivity contribution in [2.45, 2.75) is 51.6 Å². The van der Waals surface area contributed by atoms with Gasteiger partial charge in [-0.3, -0.25) is 9.59 Å². The fraction of sp³-hybridized carbons (Fsp3) is 0.391. The number of amides is 2. The van der Waals surface area contributed by atoms with E-state index in [2.05, 4.69) is 5.32 Å². The Morgan fingerprint density at radius 2 is 1.68 bits per heavy atom. The lowest BCUT2D eigenvalue weighted by Crippen LogP contribution is -2.50. The summed E-state index contributed by atoms with van der Waals surface area (Å²) in [6, 6.07) is 12.1. The van der Waals surface area contributed by atoms with Crippen LogP contribution in [0.4, 0.5) is 0 Å². The molecule has 2 aromatic carbocycles. The standard InChI is InChI=1S/C23H27Cl3N2O2S/c1-4-15(2)27-23(30)16(3)28(12-17-5-8-19(24)9-6-17)22(29)14-31-13-18-7-10-20(25)11-21(18)26/h5-11,15-16H,4,12-14H2,1-3H3,(H,27,30). The zero-order chi connectivity index (χ0) is 23.0. The van der Waals surface area contributed by atoms with Crippen LogP contribution in [0.3, 0.4) is 0 Å². The van der Waals surface area contributed by atoms with Crippen LogP contribution >= 0.6 is 46.6 Å². The van der Waals surface area contributed by atoms with Crippen molar-refractivity contribution in [3.63, 3.8) is 0 Å². The Kier molecular flexibility index (Phi) is 10.5. The smallest absolute Gasteiger partial charge is 0.242 e. The molecular weight excluding hydrogens is 475 g/mol. The zero-order valence-electron chi connectivity index (χ0n) is 17.8. The first kappa shape index (κ1) is 25.9. The van der Waals surface area contributed by atoms with E-state index in [1.165, 1.54) is 11.8 Å². The summed E-state index contributed by atoms with van der Waals surface area (Å²) < 4.78 is 0. The normalized spacial score (nSPS) is 12.8. The van der Waals surface area contributed by atoms with E-state index in [0.29, 0.717) is 27.4 Å². The number of hydrogen-bond donors (Lipinski definition) is 1. The Morgan fingerprint density at radius 3 is 2.29 bits per heavy atom.